The van der Waals surface area contributed by atoms with Gasteiger partial charge in [0.15, 0.2) is 0 Å². The lowest BCUT2D eigenvalue weighted by molar-refractivity contribution is -0.142. The van der Waals surface area contributed by atoms with Crippen molar-refractivity contribution in [3.63, 3.8) is 0 Å². The summed E-state index contributed by atoms with van der Waals surface area (Å²) >= 11 is 0. The molecule has 1 aliphatic heterocycles. The van der Waals surface area contributed by atoms with Crippen molar-refractivity contribution in [3.05, 3.63) is 0 Å². The van der Waals surface area contributed by atoms with Crippen LogP contribution in [-0.4, -0.2) is 34.6 Å². The smallest absolute Gasteiger partial charge is 0.320 e. The summed E-state index contributed by atoms with van der Waals surface area (Å²) < 4.78 is 0. The van der Waals surface area contributed by atoms with E-state index in [1.807, 2.05) is 6.92 Å². The highest BCUT2D eigenvalue weighted by molar-refractivity contribution is 5.73. The van der Waals surface area contributed by atoms with E-state index in [4.69, 9.17) is 5.11 Å². The summed E-state index contributed by atoms with van der Waals surface area (Å²) in [5.74, 6) is -0.659. The first-order valence-electron chi connectivity index (χ1n) is 4.69. The Kier molecular flexibility index (Phi) is 3.09. The lowest BCUT2D eigenvalue weighted by Crippen LogP contribution is -2.40. The summed E-state index contributed by atoms with van der Waals surface area (Å²) in [6.07, 6.45) is 2.93. The monoisotopic (exact) mass is 171 g/mol. The maximum absolute atomic E-state index is 10.8. The molecule has 1 saturated heterocycles. The Hall–Kier alpha value is -0.570. The maximum atomic E-state index is 10.8. The van der Waals surface area contributed by atoms with Crippen molar-refractivity contribution < 1.29 is 9.90 Å². The van der Waals surface area contributed by atoms with E-state index in [0.717, 1.165) is 25.8 Å². The van der Waals surface area contributed by atoms with E-state index in [0.29, 0.717) is 6.04 Å². The number of carboxylic acid groups (broad SMARTS) is 1. The normalized spacial score (nSPS) is 30.8. The van der Waals surface area contributed by atoms with E-state index < -0.39 is 5.97 Å². The Bertz CT molecular complexity index is 170. The molecule has 2 atom stereocenters. The predicted molar refractivity (Wildman–Crippen MR) is 47.1 cm³/mol. The molecule has 1 aliphatic rings. The van der Waals surface area contributed by atoms with Crippen LogP contribution in [0.25, 0.3) is 0 Å². The number of nitrogens with zero attached hydrogens (tertiary/aromatic N) is 1. The summed E-state index contributed by atoms with van der Waals surface area (Å²) in [5.41, 5.74) is 0. The molecule has 0 aromatic rings. The Morgan fingerprint density at radius 3 is 2.58 bits per heavy atom. The molecule has 3 heteroatoms. The molecule has 1 heterocycles. The van der Waals surface area contributed by atoms with E-state index in [9.17, 15) is 4.79 Å². The standard InChI is InChI=1S/C9H17NO2/c1-3-7-5-6-8(9(11)12)10(7)4-2/h7-8H,3-6H2,1-2H3,(H,11,12)/t7-,8-/m0/s1. The third-order valence-corrected chi connectivity index (χ3v) is 2.76. The van der Waals surface area contributed by atoms with Gasteiger partial charge >= 0.3 is 5.97 Å². The second kappa shape index (κ2) is 3.90. The van der Waals surface area contributed by atoms with Crippen LogP contribution in [0, 0.1) is 0 Å². The van der Waals surface area contributed by atoms with E-state index in [-0.39, 0.29) is 6.04 Å². The largest absolute Gasteiger partial charge is 0.480 e. The summed E-state index contributed by atoms with van der Waals surface area (Å²) in [4.78, 5) is 12.9. The number of carboxylic acids is 1. The molecule has 0 unspecified atom stereocenters. The first-order valence-corrected chi connectivity index (χ1v) is 4.69. The lowest BCUT2D eigenvalue weighted by atomic mass is 10.1. The molecule has 0 amide bonds. The molecule has 70 valence electrons. The fourth-order valence-corrected chi connectivity index (χ4v) is 2.12. The molecule has 0 aromatic carbocycles. The quantitative estimate of drug-likeness (QED) is 0.696. The fraction of sp³-hybridized carbons (Fsp3) is 0.889. The highest BCUT2D eigenvalue weighted by Gasteiger charge is 2.35. The summed E-state index contributed by atoms with van der Waals surface area (Å²) in [6.45, 7) is 5.01. The van der Waals surface area contributed by atoms with Crippen LogP contribution < -0.4 is 0 Å². The zero-order valence-electron chi connectivity index (χ0n) is 7.79. The van der Waals surface area contributed by atoms with Crippen LogP contribution in [-0.2, 0) is 4.79 Å². The summed E-state index contributed by atoms with van der Waals surface area (Å²) in [6, 6.07) is 0.274. The van der Waals surface area contributed by atoms with Crippen molar-refractivity contribution in [1.29, 1.82) is 0 Å². The third kappa shape index (κ3) is 1.61. The van der Waals surface area contributed by atoms with E-state index in [1.54, 1.807) is 0 Å². The number of hydrogen-bond donors (Lipinski definition) is 1. The molecule has 0 aromatic heterocycles. The van der Waals surface area contributed by atoms with Gasteiger partial charge in [0, 0.05) is 6.04 Å². The van der Waals surface area contributed by atoms with Gasteiger partial charge in [0.1, 0.15) is 6.04 Å². The molecule has 0 radical (unpaired) electrons. The Labute approximate surface area is 73.4 Å². The molecule has 0 aliphatic carbocycles. The lowest BCUT2D eigenvalue weighted by Gasteiger charge is -2.25. The second-order valence-electron chi connectivity index (χ2n) is 3.32. The van der Waals surface area contributed by atoms with Gasteiger partial charge in [-0.2, -0.15) is 0 Å². The zero-order valence-corrected chi connectivity index (χ0v) is 7.79. The van der Waals surface area contributed by atoms with Gasteiger partial charge in [0.25, 0.3) is 0 Å². The van der Waals surface area contributed by atoms with Crippen molar-refractivity contribution >= 4 is 5.97 Å². The van der Waals surface area contributed by atoms with E-state index in [2.05, 4.69) is 11.8 Å². The summed E-state index contributed by atoms with van der Waals surface area (Å²) in [7, 11) is 0. The van der Waals surface area contributed by atoms with Crippen LogP contribution in [0.3, 0.4) is 0 Å². The zero-order chi connectivity index (χ0) is 9.14. The minimum atomic E-state index is -0.659. The van der Waals surface area contributed by atoms with Gasteiger partial charge in [0.2, 0.25) is 0 Å². The fourth-order valence-electron chi connectivity index (χ4n) is 2.12. The number of rotatable bonds is 3. The maximum Gasteiger partial charge on any atom is 0.320 e. The number of hydrogen-bond acceptors (Lipinski definition) is 2. The number of likely N-dealkylation sites (N-methyl/N-ethyl adjacent to an activating group) is 1. The number of aliphatic carboxylic acids is 1. The second-order valence-corrected chi connectivity index (χ2v) is 3.32. The van der Waals surface area contributed by atoms with Gasteiger partial charge in [-0.1, -0.05) is 13.8 Å². The molecule has 0 saturated carbocycles. The first-order chi connectivity index (χ1) is 5.70. The van der Waals surface area contributed by atoms with Gasteiger partial charge in [-0.3, -0.25) is 9.69 Å². The molecule has 0 spiro atoms. The van der Waals surface area contributed by atoms with Crippen molar-refractivity contribution in [2.24, 2.45) is 0 Å². The molecule has 1 N–H and O–H groups in total. The van der Waals surface area contributed by atoms with Crippen molar-refractivity contribution in [1.82, 2.24) is 4.90 Å². The van der Waals surface area contributed by atoms with Gasteiger partial charge in [0.05, 0.1) is 0 Å². The Morgan fingerprint density at radius 2 is 2.17 bits per heavy atom. The van der Waals surface area contributed by atoms with Gasteiger partial charge in [-0.15, -0.1) is 0 Å². The van der Waals surface area contributed by atoms with Crippen molar-refractivity contribution in [3.8, 4) is 0 Å². The SMILES string of the molecule is CC[C@H]1CC[C@@H](C(=O)O)N1CC. The van der Waals surface area contributed by atoms with Crippen molar-refractivity contribution in [2.75, 3.05) is 6.54 Å². The van der Waals surface area contributed by atoms with Crippen LogP contribution in [0.4, 0.5) is 0 Å². The van der Waals surface area contributed by atoms with Gasteiger partial charge in [-0.05, 0) is 25.8 Å². The molecule has 3 nitrogen and oxygen atoms in total. The van der Waals surface area contributed by atoms with E-state index >= 15 is 0 Å². The molecule has 1 fully saturated rings. The van der Waals surface area contributed by atoms with Crippen LogP contribution in [0.1, 0.15) is 33.1 Å². The minimum Gasteiger partial charge on any atom is -0.480 e. The highest BCUT2D eigenvalue weighted by Crippen LogP contribution is 2.25. The van der Waals surface area contributed by atoms with Crippen molar-refractivity contribution in [2.45, 2.75) is 45.2 Å². The van der Waals surface area contributed by atoms with Crippen LogP contribution >= 0.6 is 0 Å². The van der Waals surface area contributed by atoms with Crippen LogP contribution in [0.5, 0.6) is 0 Å². The third-order valence-electron chi connectivity index (χ3n) is 2.76. The first kappa shape index (κ1) is 9.52. The number of carbonyl (C=O) groups is 1. The Morgan fingerprint density at radius 1 is 1.50 bits per heavy atom. The highest BCUT2D eigenvalue weighted by atomic mass is 16.4. The summed E-state index contributed by atoms with van der Waals surface area (Å²) in [5, 5.41) is 8.89. The molecular formula is C9H17NO2. The van der Waals surface area contributed by atoms with Crippen LogP contribution in [0.2, 0.25) is 0 Å². The topological polar surface area (TPSA) is 40.5 Å². The Balaban J connectivity index is 2.62. The molecular weight excluding hydrogens is 154 g/mol. The van der Waals surface area contributed by atoms with Gasteiger partial charge in [-0.25, -0.2) is 0 Å². The average Bonchev–Trinajstić information content (AvgIpc) is 2.46. The molecule has 0 bridgehead atoms. The van der Waals surface area contributed by atoms with Gasteiger partial charge < -0.3 is 5.11 Å². The van der Waals surface area contributed by atoms with Crippen LogP contribution in [0.15, 0.2) is 0 Å². The molecule has 1 rings (SSSR count). The number of likely N-dealkylation sites (tertiary alicyclic amines) is 1. The predicted octanol–water partition coefficient (Wildman–Crippen LogP) is 1.33. The van der Waals surface area contributed by atoms with E-state index in [1.165, 1.54) is 0 Å². The average molecular weight is 171 g/mol. The minimum absolute atomic E-state index is 0.222. The molecule has 12 heavy (non-hydrogen) atoms.